The molecule has 0 radical (unpaired) electrons. The monoisotopic (exact) mass is 250 g/mol. The first kappa shape index (κ1) is 13.0. The van der Waals surface area contributed by atoms with Crippen LogP contribution in [0.1, 0.15) is 18.4 Å². The molecule has 4 heteroatoms. The molecule has 1 aromatic carbocycles. The van der Waals surface area contributed by atoms with Gasteiger partial charge in [-0.25, -0.2) is 0 Å². The standard InChI is InChI=1S/C14H16F2N2/c15-14(16,11-17)13-6-8-18(9-7-13)10-12-4-2-1-3-5-12/h1-5,13H,6-10H2. The van der Waals surface area contributed by atoms with Gasteiger partial charge < -0.3 is 0 Å². The molecule has 0 saturated carbocycles. The lowest BCUT2D eigenvalue weighted by molar-refractivity contribution is -0.0295. The van der Waals surface area contributed by atoms with Gasteiger partial charge in [-0.05, 0) is 31.5 Å². The maximum absolute atomic E-state index is 13.2. The number of benzene rings is 1. The second-order valence-corrected chi connectivity index (χ2v) is 4.77. The molecule has 1 aromatic rings. The molecular formula is C14H16F2N2. The Hall–Kier alpha value is -1.47. The molecule has 2 nitrogen and oxygen atoms in total. The van der Waals surface area contributed by atoms with Gasteiger partial charge in [-0.3, -0.25) is 4.90 Å². The van der Waals surface area contributed by atoms with Crippen molar-refractivity contribution in [3.63, 3.8) is 0 Å². The number of nitriles is 1. The van der Waals surface area contributed by atoms with Gasteiger partial charge >= 0.3 is 5.92 Å². The van der Waals surface area contributed by atoms with E-state index in [9.17, 15) is 8.78 Å². The summed E-state index contributed by atoms with van der Waals surface area (Å²) in [6, 6.07) is 11.1. The predicted octanol–water partition coefficient (Wildman–Crippen LogP) is 3.06. The van der Waals surface area contributed by atoms with E-state index in [1.807, 2.05) is 30.3 Å². The number of hydrogen-bond donors (Lipinski definition) is 0. The Labute approximate surface area is 106 Å². The Morgan fingerprint density at radius 3 is 2.39 bits per heavy atom. The van der Waals surface area contributed by atoms with Crippen molar-refractivity contribution in [2.24, 2.45) is 5.92 Å². The first-order chi connectivity index (χ1) is 8.62. The summed E-state index contributed by atoms with van der Waals surface area (Å²) in [5.41, 5.74) is 1.20. The van der Waals surface area contributed by atoms with Crippen LogP contribution in [0.3, 0.4) is 0 Å². The molecule has 0 atom stereocenters. The predicted molar refractivity (Wildman–Crippen MR) is 65.0 cm³/mol. The number of hydrogen-bond acceptors (Lipinski definition) is 2. The summed E-state index contributed by atoms with van der Waals surface area (Å²) in [4.78, 5) is 2.17. The van der Waals surface area contributed by atoms with E-state index >= 15 is 0 Å². The first-order valence-electron chi connectivity index (χ1n) is 6.17. The average molecular weight is 250 g/mol. The Morgan fingerprint density at radius 2 is 1.83 bits per heavy atom. The quantitative estimate of drug-likeness (QED) is 0.824. The van der Waals surface area contributed by atoms with E-state index in [0.717, 1.165) is 12.6 Å². The second kappa shape index (κ2) is 5.45. The van der Waals surface area contributed by atoms with Crippen LogP contribution in [0.15, 0.2) is 30.3 Å². The van der Waals surface area contributed by atoms with Gasteiger partial charge in [0.1, 0.15) is 6.07 Å². The minimum Gasteiger partial charge on any atom is -0.299 e. The van der Waals surface area contributed by atoms with Crippen LogP contribution in [0.5, 0.6) is 0 Å². The normalized spacial score (nSPS) is 18.5. The van der Waals surface area contributed by atoms with Gasteiger partial charge in [-0.15, -0.1) is 0 Å². The topological polar surface area (TPSA) is 27.0 Å². The summed E-state index contributed by atoms with van der Waals surface area (Å²) >= 11 is 0. The zero-order chi connectivity index (χ0) is 13.0. The molecule has 1 fully saturated rings. The van der Waals surface area contributed by atoms with Gasteiger partial charge in [0.05, 0.1) is 0 Å². The third-order valence-corrected chi connectivity index (χ3v) is 3.50. The SMILES string of the molecule is N#CC(F)(F)C1CCN(Cc2ccccc2)CC1. The van der Waals surface area contributed by atoms with Crippen molar-refractivity contribution in [3.05, 3.63) is 35.9 Å². The summed E-state index contributed by atoms with van der Waals surface area (Å²) < 4.78 is 26.4. The molecule has 0 N–H and O–H groups in total. The van der Waals surface area contributed by atoms with Crippen molar-refractivity contribution < 1.29 is 8.78 Å². The summed E-state index contributed by atoms with van der Waals surface area (Å²) in [5.74, 6) is -3.95. The molecule has 0 aromatic heterocycles. The molecule has 1 heterocycles. The van der Waals surface area contributed by atoms with Crippen molar-refractivity contribution in [1.82, 2.24) is 4.90 Å². The van der Waals surface area contributed by atoms with Crippen LogP contribution in [0.4, 0.5) is 8.78 Å². The molecule has 1 saturated heterocycles. The summed E-state index contributed by atoms with van der Waals surface area (Å²) in [6.45, 7) is 2.07. The molecule has 0 amide bonds. The van der Waals surface area contributed by atoms with Crippen LogP contribution in [0, 0.1) is 17.2 Å². The van der Waals surface area contributed by atoms with Crippen molar-refractivity contribution in [2.75, 3.05) is 13.1 Å². The minimum absolute atomic E-state index is 0.396. The number of piperidine rings is 1. The van der Waals surface area contributed by atoms with Crippen LogP contribution in [0.2, 0.25) is 0 Å². The van der Waals surface area contributed by atoms with Crippen LogP contribution in [-0.2, 0) is 6.54 Å². The summed E-state index contributed by atoms with van der Waals surface area (Å²) in [6.07, 6.45) is 0.792. The molecule has 0 aliphatic carbocycles. The van der Waals surface area contributed by atoms with Crippen molar-refractivity contribution in [2.45, 2.75) is 25.3 Å². The van der Waals surface area contributed by atoms with Gasteiger partial charge in [0.25, 0.3) is 0 Å². The Morgan fingerprint density at radius 1 is 1.22 bits per heavy atom. The van der Waals surface area contributed by atoms with E-state index in [1.54, 1.807) is 0 Å². The van der Waals surface area contributed by atoms with E-state index in [4.69, 9.17) is 5.26 Å². The summed E-state index contributed by atoms with van der Waals surface area (Å²) in [7, 11) is 0. The molecule has 0 bridgehead atoms. The molecule has 1 aliphatic heterocycles. The molecule has 0 spiro atoms. The molecule has 18 heavy (non-hydrogen) atoms. The smallest absolute Gasteiger partial charge is 0.299 e. The molecule has 0 unspecified atom stereocenters. The van der Waals surface area contributed by atoms with Crippen molar-refractivity contribution in [1.29, 1.82) is 5.26 Å². The van der Waals surface area contributed by atoms with Gasteiger partial charge in [0, 0.05) is 12.5 Å². The number of likely N-dealkylation sites (tertiary alicyclic amines) is 1. The lowest BCUT2D eigenvalue weighted by Gasteiger charge is -2.33. The summed E-state index contributed by atoms with van der Waals surface area (Å²) in [5, 5.41) is 8.43. The van der Waals surface area contributed by atoms with E-state index in [0.29, 0.717) is 25.9 Å². The van der Waals surface area contributed by atoms with Gasteiger partial charge in [-0.2, -0.15) is 14.0 Å². The Bertz CT molecular complexity index is 417. The van der Waals surface area contributed by atoms with Gasteiger partial charge in [-0.1, -0.05) is 30.3 Å². The average Bonchev–Trinajstić information content (AvgIpc) is 2.40. The van der Waals surface area contributed by atoms with Crippen molar-refractivity contribution in [3.8, 4) is 6.07 Å². The highest BCUT2D eigenvalue weighted by molar-refractivity contribution is 5.14. The number of nitrogens with zero attached hydrogens (tertiary/aromatic N) is 2. The third kappa shape index (κ3) is 3.05. The zero-order valence-corrected chi connectivity index (χ0v) is 10.1. The van der Waals surface area contributed by atoms with Crippen molar-refractivity contribution >= 4 is 0 Å². The Kier molecular flexibility index (Phi) is 3.93. The molecular weight excluding hydrogens is 234 g/mol. The van der Waals surface area contributed by atoms with E-state index in [-0.39, 0.29) is 0 Å². The van der Waals surface area contributed by atoms with Crippen LogP contribution < -0.4 is 0 Å². The highest BCUT2D eigenvalue weighted by Crippen LogP contribution is 2.32. The largest absolute Gasteiger partial charge is 0.334 e. The van der Waals surface area contributed by atoms with Crippen LogP contribution in [0.25, 0.3) is 0 Å². The second-order valence-electron chi connectivity index (χ2n) is 4.77. The molecule has 96 valence electrons. The fraction of sp³-hybridized carbons (Fsp3) is 0.500. The van der Waals surface area contributed by atoms with Gasteiger partial charge in [0.15, 0.2) is 0 Å². The molecule has 1 aliphatic rings. The minimum atomic E-state index is -3.17. The highest BCUT2D eigenvalue weighted by atomic mass is 19.3. The van der Waals surface area contributed by atoms with Crippen LogP contribution >= 0.6 is 0 Å². The highest BCUT2D eigenvalue weighted by Gasteiger charge is 2.41. The van der Waals surface area contributed by atoms with Crippen LogP contribution in [-0.4, -0.2) is 23.9 Å². The first-order valence-corrected chi connectivity index (χ1v) is 6.17. The fourth-order valence-corrected chi connectivity index (χ4v) is 2.39. The zero-order valence-electron chi connectivity index (χ0n) is 10.1. The lowest BCUT2D eigenvalue weighted by Crippen LogP contribution is -2.39. The Balaban J connectivity index is 1.86. The third-order valence-electron chi connectivity index (χ3n) is 3.50. The number of rotatable bonds is 3. The maximum Gasteiger partial charge on any atom is 0.334 e. The van der Waals surface area contributed by atoms with E-state index in [2.05, 4.69) is 4.90 Å². The maximum atomic E-state index is 13.2. The number of alkyl halides is 2. The van der Waals surface area contributed by atoms with E-state index < -0.39 is 11.8 Å². The lowest BCUT2D eigenvalue weighted by atomic mass is 9.91. The van der Waals surface area contributed by atoms with Gasteiger partial charge in [0.2, 0.25) is 0 Å². The van der Waals surface area contributed by atoms with E-state index in [1.165, 1.54) is 5.56 Å². The molecule has 2 rings (SSSR count). The fourth-order valence-electron chi connectivity index (χ4n) is 2.39. The number of halogens is 2.